The molecule has 1 fully saturated rings. The average Bonchev–Trinajstić information content (AvgIpc) is 3.15. The number of nitrogens with zero attached hydrogens (tertiary/aromatic N) is 1. The number of benzene rings is 1. The van der Waals surface area contributed by atoms with Gasteiger partial charge in [0, 0.05) is 5.56 Å². The monoisotopic (exact) mass is 244 g/mol. The quantitative estimate of drug-likeness (QED) is 0.841. The fraction of sp³-hybridized carbons (Fsp3) is 0.231. The summed E-state index contributed by atoms with van der Waals surface area (Å²) in [4.78, 5) is 0. The summed E-state index contributed by atoms with van der Waals surface area (Å²) in [6.07, 6.45) is 2.80. The summed E-state index contributed by atoms with van der Waals surface area (Å²) in [6, 6.07) is 11.7. The van der Waals surface area contributed by atoms with E-state index in [0.29, 0.717) is 10.7 Å². The first-order chi connectivity index (χ1) is 8.31. The Bertz CT molecular complexity index is 552. The summed E-state index contributed by atoms with van der Waals surface area (Å²) in [5, 5.41) is 6.97. The molecule has 3 rings (SSSR count). The maximum absolute atomic E-state index is 5.69. The van der Waals surface area contributed by atoms with Crippen LogP contribution in [0.1, 0.15) is 12.8 Å². The molecule has 0 atom stereocenters. The molecule has 1 heterocycles. The van der Waals surface area contributed by atoms with Gasteiger partial charge in [-0.25, -0.2) is 0 Å². The summed E-state index contributed by atoms with van der Waals surface area (Å²) < 4.78 is 6.33. The maximum atomic E-state index is 5.69. The molecule has 17 heavy (non-hydrogen) atoms. The SMILES string of the molecule is S=c1ccc(-c2ccc(OC3CC3)cc2)n[nH]1. The molecule has 1 N–H and O–H groups in total. The topological polar surface area (TPSA) is 37.9 Å². The molecule has 0 bridgehead atoms. The Morgan fingerprint density at radius 3 is 2.47 bits per heavy atom. The second-order valence-corrected chi connectivity index (χ2v) is 4.59. The maximum Gasteiger partial charge on any atom is 0.119 e. The fourth-order valence-electron chi connectivity index (χ4n) is 1.59. The summed E-state index contributed by atoms with van der Waals surface area (Å²) in [5.41, 5.74) is 1.94. The van der Waals surface area contributed by atoms with Gasteiger partial charge < -0.3 is 4.74 Å². The van der Waals surface area contributed by atoms with Gasteiger partial charge in [0.1, 0.15) is 10.4 Å². The predicted octanol–water partition coefficient (Wildman–Crippen LogP) is 3.35. The summed E-state index contributed by atoms with van der Waals surface area (Å²) >= 11 is 4.96. The highest BCUT2D eigenvalue weighted by molar-refractivity contribution is 7.71. The molecule has 1 aromatic heterocycles. The average molecular weight is 244 g/mol. The highest BCUT2D eigenvalue weighted by Gasteiger charge is 2.23. The molecule has 0 spiro atoms. The molecule has 3 nitrogen and oxygen atoms in total. The zero-order valence-corrected chi connectivity index (χ0v) is 10.0. The van der Waals surface area contributed by atoms with Gasteiger partial charge >= 0.3 is 0 Å². The molecule has 0 radical (unpaired) electrons. The predicted molar refractivity (Wildman–Crippen MR) is 68.5 cm³/mol. The van der Waals surface area contributed by atoms with Gasteiger partial charge in [-0.05, 0) is 49.2 Å². The Balaban J connectivity index is 1.83. The minimum atomic E-state index is 0.437. The number of nitrogens with one attached hydrogen (secondary N) is 1. The van der Waals surface area contributed by atoms with Crippen molar-refractivity contribution < 1.29 is 4.74 Å². The lowest BCUT2D eigenvalue weighted by Crippen LogP contribution is -1.95. The van der Waals surface area contributed by atoms with E-state index >= 15 is 0 Å². The molecule has 0 saturated heterocycles. The van der Waals surface area contributed by atoms with Crippen LogP contribution in [0.4, 0.5) is 0 Å². The van der Waals surface area contributed by atoms with Crippen molar-refractivity contribution in [3.63, 3.8) is 0 Å². The van der Waals surface area contributed by atoms with Gasteiger partial charge in [0.05, 0.1) is 11.8 Å². The van der Waals surface area contributed by atoms with Crippen molar-refractivity contribution in [3.8, 4) is 17.0 Å². The number of rotatable bonds is 3. The van der Waals surface area contributed by atoms with Crippen LogP contribution in [-0.4, -0.2) is 16.3 Å². The fourth-order valence-corrected chi connectivity index (χ4v) is 1.70. The number of ether oxygens (including phenoxy) is 1. The van der Waals surface area contributed by atoms with Gasteiger partial charge in [0.15, 0.2) is 0 Å². The van der Waals surface area contributed by atoms with Crippen molar-refractivity contribution >= 4 is 12.2 Å². The summed E-state index contributed by atoms with van der Waals surface area (Å²) in [7, 11) is 0. The standard InChI is InChI=1S/C13H12N2OS/c17-13-8-7-12(14-15-13)9-1-3-10(4-2-9)16-11-5-6-11/h1-4,7-8,11H,5-6H2,(H,15,17). The van der Waals surface area contributed by atoms with Crippen molar-refractivity contribution in [2.45, 2.75) is 18.9 Å². The lowest BCUT2D eigenvalue weighted by atomic mass is 10.1. The third-order valence-electron chi connectivity index (χ3n) is 2.66. The van der Waals surface area contributed by atoms with E-state index in [1.807, 2.05) is 36.4 Å². The van der Waals surface area contributed by atoms with Gasteiger partial charge in [0.25, 0.3) is 0 Å². The van der Waals surface area contributed by atoms with Crippen LogP contribution in [0.15, 0.2) is 36.4 Å². The van der Waals surface area contributed by atoms with Crippen LogP contribution in [0.5, 0.6) is 5.75 Å². The number of aromatic amines is 1. The van der Waals surface area contributed by atoms with Crippen LogP contribution in [0, 0.1) is 4.64 Å². The Kier molecular flexibility index (Phi) is 2.65. The molecule has 1 aliphatic carbocycles. The zero-order valence-electron chi connectivity index (χ0n) is 9.22. The lowest BCUT2D eigenvalue weighted by Gasteiger charge is -2.05. The third kappa shape index (κ3) is 2.53. The molecule has 1 saturated carbocycles. The highest BCUT2D eigenvalue weighted by atomic mass is 32.1. The number of hydrogen-bond acceptors (Lipinski definition) is 3. The molecule has 86 valence electrons. The van der Waals surface area contributed by atoms with E-state index in [-0.39, 0.29) is 0 Å². The van der Waals surface area contributed by atoms with Gasteiger partial charge in [0.2, 0.25) is 0 Å². The third-order valence-corrected chi connectivity index (χ3v) is 2.88. The van der Waals surface area contributed by atoms with Crippen molar-refractivity contribution in [3.05, 3.63) is 41.0 Å². The van der Waals surface area contributed by atoms with E-state index in [9.17, 15) is 0 Å². The molecule has 0 unspecified atom stereocenters. The Morgan fingerprint density at radius 2 is 1.88 bits per heavy atom. The molecule has 1 aromatic carbocycles. The van der Waals surface area contributed by atoms with Crippen LogP contribution >= 0.6 is 12.2 Å². The molecule has 4 heteroatoms. The summed E-state index contributed by atoms with van der Waals surface area (Å²) in [5.74, 6) is 0.931. The van der Waals surface area contributed by atoms with E-state index in [4.69, 9.17) is 17.0 Å². The molecular weight excluding hydrogens is 232 g/mol. The molecule has 0 aliphatic heterocycles. The van der Waals surface area contributed by atoms with E-state index in [1.165, 1.54) is 12.8 Å². The number of hydrogen-bond donors (Lipinski definition) is 1. The lowest BCUT2D eigenvalue weighted by molar-refractivity contribution is 0.303. The van der Waals surface area contributed by atoms with Crippen molar-refractivity contribution in [1.82, 2.24) is 10.2 Å². The smallest absolute Gasteiger partial charge is 0.119 e. The largest absolute Gasteiger partial charge is 0.490 e. The van der Waals surface area contributed by atoms with Crippen LogP contribution in [-0.2, 0) is 0 Å². The van der Waals surface area contributed by atoms with Gasteiger partial charge in [-0.3, -0.25) is 5.10 Å². The molecule has 2 aromatic rings. The highest BCUT2D eigenvalue weighted by Crippen LogP contribution is 2.28. The van der Waals surface area contributed by atoms with Crippen molar-refractivity contribution in [2.24, 2.45) is 0 Å². The second-order valence-electron chi connectivity index (χ2n) is 4.15. The first-order valence-corrected chi connectivity index (χ1v) is 6.05. The first kappa shape index (κ1) is 10.5. The van der Waals surface area contributed by atoms with E-state index in [0.717, 1.165) is 17.0 Å². The van der Waals surface area contributed by atoms with E-state index in [2.05, 4.69) is 10.2 Å². The van der Waals surface area contributed by atoms with Crippen LogP contribution in [0.3, 0.4) is 0 Å². The molecule has 1 aliphatic rings. The number of aromatic nitrogens is 2. The van der Waals surface area contributed by atoms with Crippen LogP contribution in [0.2, 0.25) is 0 Å². The van der Waals surface area contributed by atoms with Gasteiger partial charge in [-0.1, -0.05) is 12.2 Å². The van der Waals surface area contributed by atoms with Crippen molar-refractivity contribution in [2.75, 3.05) is 0 Å². The number of H-pyrrole nitrogens is 1. The van der Waals surface area contributed by atoms with E-state index < -0.39 is 0 Å². The minimum absolute atomic E-state index is 0.437. The van der Waals surface area contributed by atoms with Crippen LogP contribution < -0.4 is 4.74 Å². The minimum Gasteiger partial charge on any atom is -0.490 e. The Labute approximate surface area is 104 Å². The molecular formula is C13H12N2OS. The Hall–Kier alpha value is -1.68. The summed E-state index contributed by atoms with van der Waals surface area (Å²) in [6.45, 7) is 0. The Morgan fingerprint density at radius 1 is 1.12 bits per heavy atom. The van der Waals surface area contributed by atoms with Gasteiger partial charge in [-0.15, -0.1) is 0 Å². The zero-order chi connectivity index (χ0) is 11.7. The van der Waals surface area contributed by atoms with Gasteiger partial charge in [-0.2, -0.15) is 5.10 Å². The molecule has 0 amide bonds. The first-order valence-electron chi connectivity index (χ1n) is 5.64. The van der Waals surface area contributed by atoms with Crippen LogP contribution in [0.25, 0.3) is 11.3 Å². The second kappa shape index (κ2) is 4.30. The van der Waals surface area contributed by atoms with Crippen molar-refractivity contribution in [1.29, 1.82) is 0 Å². The van der Waals surface area contributed by atoms with E-state index in [1.54, 1.807) is 0 Å². The normalized spacial score (nSPS) is 14.6.